The van der Waals surface area contributed by atoms with Crippen LogP contribution in [0.25, 0.3) is 0 Å². The highest BCUT2D eigenvalue weighted by atomic mass is 16.4. The van der Waals surface area contributed by atoms with E-state index in [1.165, 1.54) is 0 Å². The first-order chi connectivity index (χ1) is 9.06. The zero-order valence-corrected chi connectivity index (χ0v) is 10.6. The first kappa shape index (κ1) is 13.6. The molecule has 3 amide bonds. The fourth-order valence-corrected chi connectivity index (χ4v) is 2.77. The second-order valence-electron chi connectivity index (χ2n) is 5.20. The number of carboxylic acid groups (broad SMARTS) is 1. The predicted molar refractivity (Wildman–Crippen MR) is 66.4 cm³/mol. The van der Waals surface area contributed by atoms with Gasteiger partial charge in [-0.15, -0.1) is 0 Å². The maximum atomic E-state index is 11.6. The van der Waals surface area contributed by atoms with Crippen LogP contribution in [0, 0.1) is 11.8 Å². The lowest BCUT2D eigenvalue weighted by Gasteiger charge is -2.17. The molecule has 3 unspecified atom stereocenters. The van der Waals surface area contributed by atoms with Crippen molar-refractivity contribution in [2.24, 2.45) is 11.8 Å². The van der Waals surface area contributed by atoms with Crippen molar-refractivity contribution in [3.05, 3.63) is 0 Å². The van der Waals surface area contributed by atoms with Crippen LogP contribution in [-0.4, -0.2) is 42.1 Å². The van der Waals surface area contributed by atoms with E-state index in [9.17, 15) is 14.4 Å². The summed E-state index contributed by atoms with van der Waals surface area (Å²) in [5, 5.41) is 17.1. The molecule has 19 heavy (non-hydrogen) atoms. The van der Waals surface area contributed by atoms with E-state index < -0.39 is 5.97 Å². The van der Waals surface area contributed by atoms with Crippen molar-refractivity contribution in [3.63, 3.8) is 0 Å². The number of hydrogen-bond donors (Lipinski definition) is 4. The number of aliphatic carboxylic acids is 1. The summed E-state index contributed by atoms with van der Waals surface area (Å²) in [6.07, 6.45) is 2.71. The maximum Gasteiger partial charge on any atom is 0.315 e. The molecule has 4 N–H and O–H groups in total. The van der Waals surface area contributed by atoms with Crippen molar-refractivity contribution < 1.29 is 19.5 Å². The van der Waals surface area contributed by atoms with E-state index in [1.54, 1.807) is 0 Å². The second-order valence-corrected chi connectivity index (χ2v) is 5.20. The normalized spacial score (nSPS) is 29.9. The van der Waals surface area contributed by atoms with Gasteiger partial charge in [0, 0.05) is 19.5 Å². The van der Waals surface area contributed by atoms with E-state index in [0.717, 1.165) is 12.8 Å². The average Bonchev–Trinajstić information content (AvgIpc) is 2.95. The molecule has 7 nitrogen and oxygen atoms in total. The van der Waals surface area contributed by atoms with Crippen LogP contribution in [0.5, 0.6) is 0 Å². The molecule has 2 rings (SSSR count). The largest absolute Gasteiger partial charge is 0.481 e. The zero-order chi connectivity index (χ0) is 13.8. The molecule has 1 saturated heterocycles. The van der Waals surface area contributed by atoms with Crippen LogP contribution in [0.15, 0.2) is 0 Å². The Morgan fingerprint density at radius 3 is 2.79 bits per heavy atom. The first-order valence-electron chi connectivity index (χ1n) is 6.60. The van der Waals surface area contributed by atoms with Gasteiger partial charge in [-0.3, -0.25) is 9.59 Å². The Labute approximate surface area is 111 Å². The Bertz CT molecular complexity index is 385. The highest BCUT2D eigenvalue weighted by Gasteiger charge is 2.33. The molecule has 3 atom stereocenters. The minimum absolute atomic E-state index is 0.00610. The van der Waals surface area contributed by atoms with E-state index in [2.05, 4.69) is 16.0 Å². The summed E-state index contributed by atoms with van der Waals surface area (Å²) in [7, 11) is 0. The third kappa shape index (κ3) is 3.59. The summed E-state index contributed by atoms with van der Waals surface area (Å²) in [5.74, 6) is -1.19. The van der Waals surface area contributed by atoms with Crippen molar-refractivity contribution in [2.45, 2.75) is 31.7 Å². The molecule has 1 saturated carbocycles. The predicted octanol–water partition coefficient (Wildman–Crippen LogP) is -0.325. The Morgan fingerprint density at radius 1 is 1.37 bits per heavy atom. The monoisotopic (exact) mass is 269 g/mol. The highest BCUT2D eigenvalue weighted by Crippen LogP contribution is 2.31. The second kappa shape index (κ2) is 5.90. The van der Waals surface area contributed by atoms with Gasteiger partial charge in [-0.05, 0) is 18.8 Å². The lowest BCUT2D eigenvalue weighted by Crippen LogP contribution is -2.45. The Morgan fingerprint density at radius 2 is 2.16 bits per heavy atom. The first-order valence-corrected chi connectivity index (χ1v) is 6.60. The van der Waals surface area contributed by atoms with Crippen LogP contribution in [0.3, 0.4) is 0 Å². The number of hydrogen-bond acceptors (Lipinski definition) is 3. The standard InChI is InChI=1S/C12H19N3O4/c16-10-4-8(6-13-10)15-12(19)14-5-7-2-1-3-9(7)11(17)18/h7-9H,1-6H2,(H,13,16)(H,17,18)(H2,14,15,19). The SMILES string of the molecule is O=C1CC(NC(=O)NCC2CCCC2C(=O)O)CN1. The van der Waals surface area contributed by atoms with E-state index in [1.807, 2.05) is 0 Å². The molecule has 0 aromatic rings. The van der Waals surface area contributed by atoms with Gasteiger partial charge in [0.15, 0.2) is 0 Å². The summed E-state index contributed by atoms with van der Waals surface area (Å²) >= 11 is 0. The Balaban J connectivity index is 1.71. The van der Waals surface area contributed by atoms with Gasteiger partial charge in [0.05, 0.1) is 12.0 Å². The molecule has 106 valence electrons. The summed E-state index contributed by atoms with van der Waals surface area (Å²) in [4.78, 5) is 33.6. The number of rotatable bonds is 4. The van der Waals surface area contributed by atoms with Gasteiger partial charge in [0.2, 0.25) is 5.91 Å². The molecule has 0 aromatic heterocycles. The van der Waals surface area contributed by atoms with Crippen molar-refractivity contribution in [2.75, 3.05) is 13.1 Å². The molecule has 0 bridgehead atoms. The fourth-order valence-electron chi connectivity index (χ4n) is 2.77. The lowest BCUT2D eigenvalue weighted by atomic mass is 9.96. The zero-order valence-electron chi connectivity index (χ0n) is 10.6. The third-order valence-electron chi connectivity index (χ3n) is 3.81. The molecular weight excluding hydrogens is 250 g/mol. The molecular formula is C12H19N3O4. The van der Waals surface area contributed by atoms with Crippen LogP contribution in [0.4, 0.5) is 4.79 Å². The molecule has 0 radical (unpaired) electrons. The fraction of sp³-hybridized carbons (Fsp3) is 0.750. The number of amides is 3. The summed E-state index contributed by atoms with van der Waals surface area (Å²) in [6, 6.07) is -0.510. The number of urea groups is 1. The van der Waals surface area contributed by atoms with Crippen LogP contribution in [0.1, 0.15) is 25.7 Å². The van der Waals surface area contributed by atoms with Gasteiger partial charge in [-0.1, -0.05) is 6.42 Å². The third-order valence-corrected chi connectivity index (χ3v) is 3.81. The number of carbonyl (C=O) groups excluding carboxylic acids is 2. The van der Waals surface area contributed by atoms with E-state index >= 15 is 0 Å². The van der Waals surface area contributed by atoms with E-state index in [4.69, 9.17) is 5.11 Å². The average molecular weight is 269 g/mol. The molecule has 0 spiro atoms. The maximum absolute atomic E-state index is 11.6. The van der Waals surface area contributed by atoms with Gasteiger partial charge in [0.25, 0.3) is 0 Å². The summed E-state index contributed by atoms with van der Waals surface area (Å²) in [5.41, 5.74) is 0. The lowest BCUT2D eigenvalue weighted by molar-refractivity contribution is -0.142. The summed E-state index contributed by atoms with van der Waals surface area (Å²) in [6.45, 7) is 0.824. The van der Waals surface area contributed by atoms with E-state index in [0.29, 0.717) is 25.9 Å². The topological polar surface area (TPSA) is 108 Å². The molecule has 1 aliphatic carbocycles. The molecule has 2 aliphatic rings. The van der Waals surface area contributed by atoms with Gasteiger partial charge in [-0.2, -0.15) is 0 Å². The Hall–Kier alpha value is -1.79. The van der Waals surface area contributed by atoms with Crippen LogP contribution < -0.4 is 16.0 Å². The molecule has 1 heterocycles. The van der Waals surface area contributed by atoms with Crippen molar-refractivity contribution >= 4 is 17.9 Å². The Kier molecular flexibility index (Phi) is 4.24. The van der Waals surface area contributed by atoms with Crippen molar-refractivity contribution in [1.29, 1.82) is 0 Å². The smallest absolute Gasteiger partial charge is 0.315 e. The molecule has 0 aromatic carbocycles. The van der Waals surface area contributed by atoms with Gasteiger partial charge in [-0.25, -0.2) is 4.79 Å². The van der Waals surface area contributed by atoms with Gasteiger partial charge < -0.3 is 21.1 Å². The minimum atomic E-state index is -0.782. The van der Waals surface area contributed by atoms with Crippen LogP contribution in [-0.2, 0) is 9.59 Å². The minimum Gasteiger partial charge on any atom is -0.481 e. The number of carbonyl (C=O) groups is 3. The van der Waals surface area contributed by atoms with Gasteiger partial charge in [0.1, 0.15) is 0 Å². The van der Waals surface area contributed by atoms with E-state index in [-0.39, 0.29) is 29.8 Å². The molecule has 2 fully saturated rings. The van der Waals surface area contributed by atoms with Crippen molar-refractivity contribution in [3.8, 4) is 0 Å². The number of nitrogens with one attached hydrogen (secondary N) is 3. The molecule has 7 heteroatoms. The van der Waals surface area contributed by atoms with Crippen LogP contribution in [0.2, 0.25) is 0 Å². The number of carboxylic acids is 1. The van der Waals surface area contributed by atoms with Gasteiger partial charge >= 0.3 is 12.0 Å². The quantitative estimate of drug-likeness (QED) is 0.560. The van der Waals surface area contributed by atoms with Crippen LogP contribution >= 0.6 is 0 Å². The van der Waals surface area contributed by atoms with Crippen molar-refractivity contribution in [1.82, 2.24) is 16.0 Å². The summed E-state index contributed by atoms with van der Waals surface area (Å²) < 4.78 is 0. The molecule has 1 aliphatic heterocycles. The highest BCUT2D eigenvalue weighted by molar-refractivity contribution is 5.81.